The lowest BCUT2D eigenvalue weighted by Crippen LogP contribution is -2.13. The molecule has 3 N–H and O–H groups in total. The van der Waals surface area contributed by atoms with Crippen molar-refractivity contribution in [1.82, 2.24) is 4.98 Å². The van der Waals surface area contributed by atoms with Gasteiger partial charge in [-0.25, -0.2) is 13.4 Å². The van der Waals surface area contributed by atoms with Crippen LogP contribution in [0.1, 0.15) is 5.56 Å². The maximum atomic E-state index is 12.1. The van der Waals surface area contributed by atoms with Gasteiger partial charge >= 0.3 is 0 Å². The van der Waals surface area contributed by atoms with Crippen LogP contribution in [0.3, 0.4) is 0 Å². The zero-order chi connectivity index (χ0) is 13.2. The summed E-state index contributed by atoms with van der Waals surface area (Å²) in [7, 11) is -3.58. The molecule has 18 heavy (non-hydrogen) atoms. The minimum Gasteiger partial charge on any atom is -0.384 e. The summed E-state index contributed by atoms with van der Waals surface area (Å²) in [6, 6.07) is 9.78. The number of benzene rings is 1. The van der Waals surface area contributed by atoms with Crippen molar-refractivity contribution in [3.05, 3.63) is 48.2 Å². The smallest absolute Gasteiger partial charge is 0.261 e. The van der Waals surface area contributed by atoms with Crippen molar-refractivity contribution in [1.29, 1.82) is 0 Å². The molecule has 0 aliphatic rings. The molecule has 1 heterocycles. The van der Waals surface area contributed by atoms with Crippen LogP contribution in [0.2, 0.25) is 0 Å². The zero-order valence-corrected chi connectivity index (χ0v) is 10.6. The Labute approximate surface area is 106 Å². The summed E-state index contributed by atoms with van der Waals surface area (Å²) in [6.07, 6.45) is 1.38. The molecule has 0 saturated heterocycles. The van der Waals surface area contributed by atoms with E-state index in [1.807, 2.05) is 13.0 Å². The number of pyridine rings is 1. The Balaban J connectivity index is 2.30. The first-order valence-electron chi connectivity index (χ1n) is 5.28. The number of hydrogen-bond acceptors (Lipinski definition) is 4. The lowest BCUT2D eigenvalue weighted by Gasteiger charge is -2.08. The molecule has 1 aromatic heterocycles. The number of nitrogens with two attached hydrogens (primary N) is 1. The summed E-state index contributed by atoms with van der Waals surface area (Å²) in [5.41, 5.74) is 6.70. The van der Waals surface area contributed by atoms with Crippen molar-refractivity contribution in [2.45, 2.75) is 11.8 Å². The number of aryl methyl sites for hydroxylation is 1. The van der Waals surface area contributed by atoms with Crippen LogP contribution in [0.4, 0.5) is 11.5 Å². The number of nitrogens with zero attached hydrogens (tertiary/aromatic N) is 1. The van der Waals surface area contributed by atoms with E-state index in [0.717, 1.165) is 5.56 Å². The van der Waals surface area contributed by atoms with Crippen molar-refractivity contribution in [3.8, 4) is 0 Å². The quantitative estimate of drug-likeness (QED) is 0.883. The number of anilines is 2. The first kappa shape index (κ1) is 12.4. The fourth-order valence-electron chi connectivity index (χ4n) is 1.46. The second-order valence-corrected chi connectivity index (χ2v) is 5.58. The monoisotopic (exact) mass is 263 g/mol. The average Bonchev–Trinajstić information content (AvgIpc) is 2.32. The molecule has 0 radical (unpaired) electrons. The molecule has 0 fully saturated rings. The van der Waals surface area contributed by atoms with Gasteiger partial charge in [0.05, 0.1) is 16.8 Å². The SMILES string of the molecule is Cc1cccc(S(=O)(=O)Nc2ccc(N)nc2)c1. The predicted octanol–water partition coefficient (Wildman–Crippen LogP) is 1.77. The molecule has 0 aliphatic heterocycles. The highest BCUT2D eigenvalue weighted by Gasteiger charge is 2.13. The molecule has 2 aromatic rings. The number of rotatable bonds is 3. The molecule has 0 unspecified atom stereocenters. The van der Waals surface area contributed by atoms with Gasteiger partial charge in [0.1, 0.15) is 5.82 Å². The van der Waals surface area contributed by atoms with E-state index in [1.54, 1.807) is 24.3 Å². The Morgan fingerprint density at radius 3 is 2.61 bits per heavy atom. The van der Waals surface area contributed by atoms with Crippen LogP contribution in [0.5, 0.6) is 0 Å². The summed E-state index contributed by atoms with van der Waals surface area (Å²) in [6.45, 7) is 1.84. The van der Waals surface area contributed by atoms with Gasteiger partial charge in [-0.05, 0) is 36.8 Å². The van der Waals surface area contributed by atoms with Crippen LogP contribution >= 0.6 is 0 Å². The molecule has 0 spiro atoms. The third kappa shape index (κ3) is 2.78. The van der Waals surface area contributed by atoms with Crippen LogP contribution < -0.4 is 10.5 Å². The van der Waals surface area contributed by atoms with Crippen molar-refractivity contribution in [2.75, 3.05) is 10.5 Å². The number of sulfonamides is 1. The minimum atomic E-state index is -3.58. The van der Waals surface area contributed by atoms with Crippen molar-refractivity contribution >= 4 is 21.5 Å². The highest BCUT2D eigenvalue weighted by molar-refractivity contribution is 7.92. The van der Waals surface area contributed by atoms with E-state index in [9.17, 15) is 8.42 Å². The van der Waals surface area contributed by atoms with E-state index in [1.165, 1.54) is 12.3 Å². The van der Waals surface area contributed by atoms with E-state index in [4.69, 9.17) is 5.73 Å². The third-order valence-corrected chi connectivity index (χ3v) is 3.72. The molecule has 0 saturated carbocycles. The van der Waals surface area contributed by atoms with Crippen molar-refractivity contribution in [2.24, 2.45) is 0 Å². The topological polar surface area (TPSA) is 85.1 Å². The molecule has 0 bridgehead atoms. The summed E-state index contributed by atoms with van der Waals surface area (Å²) in [4.78, 5) is 4.05. The molecular weight excluding hydrogens is 250 g/mol. The maximum absolute atomic E-state index is 12.1. The van der Waals surface area contributed by atoms with Crippen molar-refractivity contribution < 1.29 is 8.42 Å². The molecular formula is C12H13N3O2S. The maximum Gasteiger partial charge on any atom is 0.261 e. The normalized spacial score (nSPS) is 11.2. The fraction of sp³-hybridized carbons (Fsp3) is 0.0833. The van der Waals surface area contributed by atoms with E-state index >= 15 is 0 Å². The van der Waals surface area contributed by atoms with Gasteiger partial charge in [-0.3, -0.25) is 4.72 Å². The Morgan fingerprint density at radius 1 is 1.22 bits per heavy atom. The molecule has 0 amide bonds. The highest BCUT2D eigenvalue weighted by Crippen LogP contribution is 2.16. The van der Waals surface area contributed by atoms with Gasteiger partial charge in [0.15, 0.2) is 0 Å². The Morgan fingerprint density at radius 2 is 2.00 bits per heavy atom. The first-order valence-corrected chi connectivity index (χ1v) is 6.77. The van der Waals surface area contributed by atoms with Gasteiger partial charge in [-0.1, -0.05) is 12.1 Å². The lowest BCUT2D eigenvalue weighted by atomic mass is 10.2. The number of hydrogen-bond donors (Lipinski definition) is 2. The highest BCUT2D eigenvalue weighted by atomic mass is 32.2. The zero-order valence-electron chi connectivity index (χ0n) is 9.79. The molecule has 5 nitrogen and oxygen atoms in total. The van der Waals surface area contributed by atoms with Crippen LogP contribution in [-0.4, -0.2) is 13.4 Å². The van der Waals surface area contributed by atoms with E-state index in [0.29, 0.717) is 11.5 Å². The molecule has 6 heteroatoms. The van der Waals surface area contributed by atoms with Crippen LogP contribution in [-0.2, 0) is 10.0 Å². The molecule has 0 atom stereocenters. The minimum absolute atomic E-state index is 0.222. The van der Waals surface area contributed by atoms with Crippen LogP contribution in [0.15, 0.2) is 47.5 Å². The van der Waals surface area contributed by atoms with Gasteiger partial charge < -0.3 is 5.73 Å². The number of nitrogens with one attached hydrogen (secondary N) is 1. The Hall–Kier alpha value is -2.08. The first-order chi connectivity index (χ1) is 8.47. The largest absolute Gasteiger partial charge is 0.384 e. The standard InChI is InChI=1S/C12H13N3O2S/c1-9-3-2-4-11(7-9)18(16,17)15-10-5-6-12(13)14-8-10/h2-8,15H,1H3,(H2,13,14). The molecule has 0 aliphatic carbocycles. The van der Waals surface area contributed by atoms with E-state index in [-0.39, 0.29) is 4.90 Å². The van der Waals surface area contributed by atoms with Gasteiger partial charge in [-0.2, -0.15) is 0 Å². The van der Waals surface area contributed by atoms with Crippen LogP contribution in [0, 0.1) is 6.92 Å². The number of nitrogen functional groups attached to an aromatic ring is 1. The summed E-state index contributed by atoms with van der Waals surface area (Å²) < 4.78 is 26.6. The van der Waals surface area contributed by atoms with E-state index < -0.39 is 10.0 Å². The summed E-state index contributed by atoms with van der Waals surface area (Å²) in [5.74, 6) is 0.341. The van der Waals surface area contributed by atoms with Crippen molar-refractivity contribution in [3.63, 3.8) is 0 Å². The molecule has 1 aromatic carbocycles. The molecule has 94 valence electrons. The average molecular weight is 263 g/mol. The predicted molar refractivity (Wildman–Crippen MR) is 70.6 cm³/mol. The molecule has 2 rings (SSSR count). The second-order valence-electron chi connectivity index (χ2n) is 3.89. The third-order valence-electron chi connectivity index (χ3n) is 2.34. The van der Waals surface area contributed by atoms with E-state index in [2.05, 4.69) is 9.71 Å². The second kappa shape index (κ2) is 4.66. The summed E-state index contributed by atoms with van der Waals surface area (Å²) in [5, 5.41) is 0. The van der Waals surface area contributed by atoms with Gasteiger partial charge in [0.2, 0.25) is 0 Å². The van der Waals surface area contributed by atoms with Crippen LogP contribution in [0.25, 0.3) is 0 Å². The fourth-order valence-corrected chi connectivity index (χ4v) is 2.61. The van der Waals surface area contributed by atoms with Gasteiger partial charge in [-0.15, -0.1) is 0 Å². The van der Waals surface area contributed by atoms with Gasteiger partial charge in [0, 0.05) is 0 Å². The summed E-state index contributed by atoms with van der Waals surface area (Å²) >= 11 is 0. The number of aromatic nitrogens is 1. The Bertz CT molecular complexity index is 651. The van der Waals surface area contributed by atoms with Gasteiger partial charge in [0.25, 0.3) is 10.0 Å². The lowest BCUT2D eigenvalue weighted by molar-refractivity contribution is 0.601. The Kier molecular flexibility index (Phi) is 3.20.